The van der Waals surface area contributed by atoms with Crippen molar-refractivity contribution in [3.8, 4) is 0 Å². The number of nitrogens with zero attached hydrogens (tertiary/aromatic N) is 1. The SMILES string of the molecule is CCc1ccc(CN(C(=O)C2CNC2)C2CC2)cc1.Cl. The van der Waals surface area contributed by atoms with Crippen LogP contribution in [0.2, 0.25) is 0 Å². The number of hydrogen-bond donors (Lipinski definition) is 1. The van der Waals surface area contributed by atoms with Crippen LogP contribution < -0.4 is 5.32 Å². The molecule has 20 heavy (non-hydrogen) atoms. The molecular formula is C16H23ClN2O. The van der Waals surface area contributed by atoms with E-state index < -0.39 is 0 Å². The molecule has 3 rings (SSSR count). The summed E-state index contributed by atoms with van der Waals surface area (Å²) in [4.78, 5) is 14.5. The van der Waals surface area contributed by atoms with Crippen molar-refractivity contribution >= 4 is 18.3 Å². The van der Waals surface area contributed by atoms with E-state index in [2.05, 4.69) is 41.4 Å². The summed E-state index contributed by atoms with van der Waals surface area (Å²) >= 11 is 0. The van der Waals surface area contributed by atoms with E-state index in [9.17, 15) is 4.79 Å². The minimum absolute atomic E-state index is 0. The first-order chi connectivity index (χ1) is 9.28. The topological polar surface area (TPSA) is 32.3 Å². The molecule has 0 spiro atoms. The Morgan fingerprint density at radius 1 is 1.20 bits per heavy atom. The second kappa shape index (κ2) is 6.59. The summed E-state index contributed by atoms with van der Waals surface area (Å²) in [7, 11) is 0. The van der Waals surface area contributed by atoms with Gasteiger partial charge in [0, 0.05) is 25.7 Å². The molecule has 1 aromatic rings. The van der Waals surface area contributed by atoms with Crippen LogP contribution in [0.25, 0.3) is 0 Å². The zero-order valence-corrected chi connectivity index (χ0v) is 12.8. The Hall–Kier alpha value is -1.06. The lowest BCUT2D eigenvalue weighted by Gasteiger charge is -2.32. The highest BCUT2D eigenvalue weighted by Crippen LogP contribution is 2.30. The van der Waals surface area contributed by atoms with Crippen molar-refractivity contribution in [2.24, 2.45) is 5.92 Å². The molecular weight excluding hydrogens is 272 g/mol. The summed E-state index contributed by atoms with van der Waals surface area (Å²) in [6, 6.07) is 9.19. The first-order valence-corrected chi connectivity index (χ1v) is 7.37. The molecule has 3 nitrogen and oxygen atoms in total. The molecule has 1 saturated carbocycles. The van der Waals surface area contributed by atoms with E-state index in [1.165, 1.54) is 24.0 Å². The lowest BCUT2D eigenvalue weighted by Crippen LogP contribution is -2.52. The Morgan fingerprint density at radius 3 is 2.25 bits per heavy atom. The first-order valence-electron chi connectivity index (χ1n) is 7.37. The van der Waals surface area contributed by atoms with E-state index in [1.54, 1.807) is 0 Å². The monoisotopic (exact) mass is 294 g/mol. The van der Waals surface area contributed by atoms with Crippen molar-refractivity contribution in [1.82, 2.24) is 10.2 Å². The zero-order chi connectivity index (χ0) is 13.2. The molecule has 1 aliphatic heterocycles. The maximum absolute atomic E-state index is 12.4. The standard InChI is InChI=1S/C16H22N2O.ClH/c1-2-12-3-5-13(6-4-12)11-18(15-7-8-15)16(19)14-9-17-10-14;/h3-6,14-15,17H,2,7-11H2,1H3;1H. The highest BCUT2D eigenvalue weighted by atomic mass is 35.5. The first kappa shape index (κ1) is 15.3. The van der Waals surface area contributed by atoms with Crippen LogP contribution in [0, 0.1) is 5.92 Å². The minimum Gasteiger partial charge on any atom is -0.335 e. The minimum atomic E-state index is 0. The third-order valence-corrected chi connectivity index (χ3v) is 4.19. The van der Waals surface area contributed by atoms with Crippen LogP contribution in [0.3, 0.4) is 0 Å². The third-order valence-electron chi connectivity index (χ3n) is 4.19. The molecule has 1 aliphatic carbocycles. The summed E-state index contributed by atoms with van der Waals surface area (Å²) in [5.74, 6) is 0.566. The van der Waals surface area contributed by atoms with Gasteiger partial charge in [0.15, 0.2) is 0 Å². The Balaban J connectivity index is 0.00000147. The van der Waals surface area contributed by atoms with Crippen LogP contribution in [0.15, 0.2) is 24.3 Å². The van der Waals surface area contributed by atoms with Crippen molar-refractivity contribution in [2.75, 3.05) is 13.1 Å². The molecule has 4 heteroatoms. The van der Waals surface area contributed by atoms with Gasteiger partial charge in [0.05, 0.1) is 5.92 Å². The van der Waals surface area contributed by atoms with Crippen LogP contribution in [-0.4, -0.2) is 29.9 Å². The molecule has 0 atom stereocenters. The molecule has 1 N–H and O–H groups in total. The van der Waals surface area contributed by atoms with E-state index in [1.807, 2.05) is 0 Å². The van der Waals surface area contributed by atoms with Crippen LogP contribution in [0.1, 0.15) is 30.9 Å². The highest BCUT2D eigenvalue weighted by molar-refractivity contribution is 5.85. The molecule has 0 bridgehead atoms. The van der Waals surface area contributed by atoms with E-state index in [4.69, 9.17) is 0 Å². The van der Waals surface area contributed by atoms with E-state index in [0.29, 0.717) is 11.9 Å². The van der Waals surface area contributed by atoms with Gasteiger partial charge in [-0.05, 0) is 30.4 Å². The van der Waals surface area contributed by atoms with E-state index in [0.717, 1.165) is 26.1 Å². The number of rotatable bonds is 5. The summed E-state index contributed by atoms with van der Waals surface area (Å²) in [6.07, 6.45) is 3.43. The molecule has 2 aliphatic rings. The van der Waals surface area contributed by atoms with Gasteiger partial charge in [-0.15, -0.1) is 12.4 Å². The number of carbonyl (C=O) groups is 1. The molecule has 0 radical (unpaired) electrons. The van der Waals surface area contributed by atoms with Gasteiger partial charge in [0.2, 0.25) is 5.91 Å². The molecule has 1 saturated heterocycles. The number of halogens is 1. The molecule has 0 aromatic heterocycles. The molecule has 1 aromatic carbocycles. The van der Waals surface area contributed by atoms with Crippen LogP contribution in [0.5, 0.6) is 0 Å². The summed E-state index contributed by atoms with van der Waals surface area (Å²) in [6.45, 7) is 4.66. The van der Waals surface area contributed by atoms with Gasteiger partial charge in [-0.3, -0.25) is 4.79 Å². The van der Waals surface area contributed by atoms with Gasteiger partial charge < -0.3 is 10.2 Å². The Morgan fingerprint density at radius 2 is 1.80 bits per heavy atom. The Labute approximate surface area is 127 Å². The number of aryl methyl sites for hydroxylation is 1. The van der Waals surface area contributed by atoms with Crippen LogP contribution >= 0.6 is 12.4 Å². The van der Waals surface area contributed by atoms with Gasteiger partial charge in [0.1, 0.15) is 0 Å². The largest absolute Gasteiger partial charge is 0.335 e. The third kappa shape index (κ3) is 3.33. The maximum Gasteiger partial charge on any atom is 0.228 e. The van der Waals surface area contributed by atoms with Crippen molar-refractivity contribution in [1.29, 1.82) is 0 Å². The van der Waals surface area contributed by atoms with Crippen LogP contribution in [0.4, 0.5) is 0 Å². The normalized spacial score (nSPS) is 18.1. The summed E-state index contributed by atoms with van der Waals surface area (Å²) in [5, 5.41) is 3.19. The van der Waals surface area contributed by atoms with Crippen LogP contribution in [-0.2, 0) is 17.8 Å². The molecule has 1 heterocycles. The van der Waals surface area contributed by atoms with Gasteiger partial charge in [-0.2, -0.15) is 0 Å². The maximum atomic E-state index is 12.4. The zero-order valence-electron chi connectivity index (χ0n) is 12.0. The fourth-order valence-corrected chi connectivity index (χ4v) is 2.55. The number of amides is 1. The number of hydrogen-bond acceptors (Lipinski definition) is 2. The lowest BCUT2D eigenvalue weighted by molar-refractivity contribution is -0.138. The molecule has 2 fully saturated rings. The Bertz CT molecular complexity index is 452. The van der Waals surface area contributed by atoms with Crippen molar-refractivity contribution in [2.45, 2.75) is 38.8 Å². The summed E-state index contributed by atoms with van der Waals surface area (Å²) in [5.41, 5.74) is 2.61. The number of carbonyl (C=O) groups excluding carboxylic acids is 1. The second-order valence-electron chi connectivity index (χ2n) is 5.72. The quantitative estimate of drug-likeness (QED) is 0.904. The average molecular weight is 295 g/mol. The summed E-state index contributed by atoms with van der Waals surface area (Å²) < 4.78 is 0. The number of nitrogens with one attached hydrogen (secondary N) is 1. The lowest BCUT2D eigenvalue weighted by atomic mass is 10.0. The van der Waals surface area contributed by atoms with Gasteiger partial charge in [-0.25, -0.2) is 0 Å². The molecule has 0 unspecified atom stereocenters. The fourth-order valence-electron chi connectivity index (χ4n) is 2.55. The van der Waals surface area contributed by atoms with Gasteiger partial charge in [-0.1, -0.05) is 31.2 Å². The second-order valence-corrected chi connectivity index (χ2v) is 5.72. The highest BCUT2D eigenvalue weighted by Gasteiger charge is 2.37. The fraction of sp³-hybridized carbons (Fsp3) is 0.562. The Kier molecular flexibility index (Phi) is 5.06. The number of benzene rings is 1. The predicted molar refractivity (Wildman–Crippen MR) is 83.0 cm³/mol. The van der Waals surface area contributed by atoms with Crippen molar-refractivity contribution < 1.29 is 4.79 Å². The van der Waals surface area contributed by atoms with E-state index in [-0.39, 0.29) is 18.3 Å². The van der Waals surface area contributed by atoms with E-state index >= 15 is 0 Å². The average Bonchev–Trinajstić information content (AvgIpc) is 3.18. The van der Waals surface area contributed by atoms with Crippen molar-refractivity contribution in [3.05, 3.63) is 35.4 Å². The molecule has 110 valence electrons. The van der Waals surface area contributed by atoms with Gasteiger partial charge in [0.25, 0.3) is 0 Å². The molecule has 1 amide bonds. The predicted octanol–water partition coefficient (Wildman–Crippen LogP) is 2.38. The van der Waals surface area contributed by atoms with Crippen molar-refractivity contribution in [3.63, 3.8) is 0 Å². The smallest absolute Gasteiger partial charge is 0.228 e. The van der Waals surface area contributed by atoms with Gasteiger partial charge >= 0.3 is 0 Å².